The summed E-state index contributed by atoms with van der Waals surface area (Å²) in [5.74, 6) is 0.0666. The summed E-state index contributed by atoms with van der Waals surface area (Å²) < 4.78 is 14.5. The van der Waals surface area contributed by atoms with Gasteiger partial charge in [-0.15, -0.1) is 17.5 Å². The van der Waals surface area contributed by atoms with Gasteiger partial charge < -0.3 is 10.6 Å². The fourth-order valence-electron chi connectivity index (χ4n) is 2.13. The molecule has 1 heterocycles. The van der Waals surface area contributed by atoms with Gasteiger partial charge in [0.05, 0.1) is 0 Å². The lowest BCUT2D eigenvalue weighted by molar-refractivity contribution is -0.124. The Hall–Kier alpha value is -2.06. The van der Waals surface area contributed by atoms with Crippen LogP contribution < -0.4 is 10.6 Å². The maximum absolute atomic E-state index is 13.0. The number of carbonyl (C=O) groups excluding carboxylic acids is 1. The number of hydrogen-bond acceptors (Lipinski definition) is 5. The number of aryl methyl sites for hydroxylation is 1. The molecule has 0 fully saturated rings. The molecule has 2 aromatic rings. The van der Waals surface area contributed by atoms with Gasteiger partial charge in [-0.3, -0.25) is 4.79 Å². The molecule has 0 radical (unpaired) electrons. The normalized spacial score (nSPS) is 13.0. The van der Waals surface area contributed by atoms with Crippen molar-refractivity contribution in [2.75, 3.05) is 13.6 Å². The first-order valence-electron chi connectivity index (χ1n) is 7.45. The Bertz CT molecular complexity index is 648. The number of nitrogens with one attached hydrogen (secondary N) is 2. The van der Waals surface area contributed by atoms with Gasteiger partial charge in [-0.25, -0.2) is 9.07 Å². The molecule has 7 nitrogen and oxygen atoms in total. The van der Waals surface area contributed by atoms with Crippen LogP contribution in [0.5, 0.6) is 0 Å². The largest absolute Gasteiger partial charge is 0.353 e. The van der Waals surface area contributed by atoms with Crippen molar-refractivity contribution in [3.8, 4) is 0 Å². The van der Waals surface area contributed by atoms with Crippen molar-refractivity contribution in [2.45, 2.75) is 32.4 Å². The summed E-state index contributed by atoms with van der Waals surface area (Å²) in [6.07, 6.45) is 0.381. The standard InChI is InChI=1S/C15H21FN6O.ClH/c1-10(17-3)9-18-15(23)14(22-11(2)19-20-21-22)8-12-4-6-13(16)7-5-12;/h4-7,10,14,17H,8-9H2,1-3H3,(H,18,23);1H. The third kappa shape index (κ3) is 5.24. The molecular weight excluding hydrogens is 335 g/mol. The van der Waals surface area contributed by atoms with E-state index in [1.807, 2.05) is 14.0 Å². The molecule has 0 spiro atoms. The summed E-state index contributed by atoms with van der Waals surface area (Å²) in [5.41, 5.74) is 0.836. The molecule has 0 aliphatic heterocycles. The van der Waals surface area contributed by atoms with Crippen LogP contribution in [0.1, 0.15) is 24.4 Å². The fraction of sp³-hybridized carbons (Fsp3) is 0.467. The zero-order valence-corrected chi connectivity index (χ0v) is 14.7. The first-order chi connectivity index (χ1) is 11.0. The molecular formula is C15H22ClFN6O. The molecule has 2 rings (SSSR count). The van der Waals surface area contributed by atoms with Crippen molar-refractivity contribution in [2.24, 2.45) is 0 Å². The van der Waals surface area contributed by atoms with Crippen LogP contribution in [0.3, 0.4) is 0 Å². The summed E-state index contributed by atoms with van der Waals surface area (Å²) in [4.78, 5) is 12.6. The molecule has 0 aliphatic carbocycles. The highest BCUT2D eigenvalue weighted by Gasteiger charge is 2.24. The predicted molar refractivity (Wildman–Crippen MR) is 90.5 cm³/mol. The minimum Gasteiger partial charge on any atom is -0.353 e. The first-order valence-corrected chi connectivity index (χ1v) is 7.45. The Balaban J connectivity index is 0.00000288. The van der Waals surface area contributed by atoms with Crippen LogP contribution in [0.2, 0.25) is 0 Å². The van der Waals surface area contributed by atoms with E-state index in [1.54, 1.807) is 19.1 Å². The Morgan fingerprint density at radius 1 is 1.33 bits per heavy atom. The zero-order chi connectivity index (χ0) is 16.8. The third-order valence-corrected chi connectivity index (χ3v) is 3.67. The molecule has 0 aliphatic rings. The molecule has 9 heteroatoms. The van der Waals surface area contributed by atoms with Gasteiger partial charge in [0.15, 0.2) is 0 Å². The smallest absolute Gasteiger partial charge is 0.245 e. The molecule has 0 bridgehead atoms. The van der Waals surface area contributed by atoms with Gasteiger partial charge in [0.2, 0.25) is 5.91 Å². The Kier molecular flexibility index (Phi) is 7.73. The van der Waals surface area contributed by atoms with E-state index in [4.69, 9.17) is 0 Å². The maximum atomic E-state index is 13.0. The third-order valence-electron chi connectivity index (χ3n) is 3.67. The van der Waals surface area contributed by atoms with Crippen LogP contribution in [0.4, 0.5) is 4.39 Å². The summed E-state index contributed by atoms with van der Waals surface area (Å²) in [6.45, 7) is 4.20. The van der Waals surface area contributed by atoms with Gasteiger partial charge in [0.1, 0.15) is 17.7 Å². The van der Waals surface area contributed by atoms with Crippen LogP contribution in [0.15, 0.2) is 24.3 Å². The van der Waals surface area contributed by atoms with E-state index in [1.165, 1.54) is 16.8 Å². The number of likely N-dealkylation sites (N-methyl/N-ethyl adjacent to an activating group) is 1. The van der Waals surface area contributed by atoms with E-state index in [0.717, 1.165) is 5.56 Å². The number of rotatable bonds is 7. The maximum Gasteiger partial charge on any atom is 0.245 e. The number of benzene rings is 1. The monoisotopic (exact) mass is 356 g/mol. The lowest BCUT2D eigenvalue weighted by Gasteiger charge is -2.19. The lowest BCUT2D eigenvalue weighted by atomic mass is 10.0. The van der Waals surface area contributed by atoms with Crippen molar-refractivity contribution < 1.29 is 9.18 Å². The molecule has 132 valence electrons. The van der Waals surface area contributed by atoms with Crippen LogP contribution in [0.25, 0.3) is 0 Å². The van der Waals surface area contributed by atoms with Crippen molar-refractivity contribution in [1.82, 2.24) is 30.8 Å². The van der Waals surface area contributed by atoms with Crippen LogP contribution in [-0.2, 0) is 11.2 Å². The van der Waals surface area contributed by atoms with Gasteiger partial charge >= 0.3 is 0 Å². The molecule has 2 unspecified atom stereocenters. The lowest BCUT2D eigenvalue weighted by Crippen LogP contribution is -2.41. The second-order valence-electron chi connectivity index (χ2n) is 5.45. The van der Waals surface area contributed by atoms with Gasteiger partial charge in [0.25, 0.3) is 0 Å². The van der Waals surface area contributed by atoms with E-state index >= 15 is 0 Å². The number of aromatic nitrogens is 4. The second-order valence-corrected chi connectivity index (χ2v) is 5.45. The van der Waals surface area contributed by atoms with Crippen molar-refractivity contribution >= 4 is 18.3 Å². The van der Waals surface area contributed by atoms with Crippen molar-refractivity contribution in [3.05, 3.63) is 41.5 Å². The molecule has 0 saturated carbocycles. The Morgan fingerprint density at radius 2 is 2.00 bits per heavy atom. The van der Waals surface area contributed by atoms with Gasteiger partial charge in [-0.05, 0) is 49.0 Å². The van der Waals surface area contributed by atoms with Gasteiger partial charge in [-0.2, -0.15) is 0 Å². The average molecular weight is 357 g/mol. The second kappa shape index (κ2) is 9.29. The number of halogens is 2. The SMILES string of the molecule is CNC(C)CNC(=O)C(Cc1ccc(F)cc1)n1nnnc1C.Cl. The quantitative estimate of drug-likeness (QED) is 0.774. The number of nitrogens with zero attached hydrogens (tertiary/aromatic N) is 4. The van der Waals surface area contributed by atoms with Crippen LogP contribution >= 0.6 is 12.4 Å². The first kappa shape index (κ1) is 20.0. The predicted octanol–water partition coefficient (Wildman–Crippen LogP) is 1.05. The van der Waals surface area contributed by atoms with E-state index in [0.29, 0.717) is 18.8 Å². The summed E-state index contributed by atoms with van der Waals surface area (Å²) in [7, 11) is 1.83. The van der Waals surface area contributed by atoms with Crippen LogP contribution in [-0.4, -0.2) is 45.7 Å². The Labute approximate surface area is 146 Å². The number of carbonyl (C=O) groups is 1. The number of amides is 1. The molecule has 2 atom stereocenters. The summed E-state index contributed by atoms with van der Waals surface area (Å²) >= 11 is 0. The number of hydrogen-bond donors (Lipinski definition) is 2. The molecule has 24 heavy (non-hydrogen) atoms. The average Bonchev–Trinajstić information content (AvgIpc) is 2.97. The molecule has 0 saturated heterocycles. The minimum atomic E-state index is -0.584. The topological polar surface area (TPSA) is 84.7 Å². The number of tetrazole rings is 1. The fourth-order valence-corrected chi connectivity index (χ4v) is 2.13. The molecule has 2 N–H and O–H groups in total. The van der Waals surface area contributed by atoms with E-state index < -0.39 is 6.04 Å². The van der Waals surface area contributed by atoms with E-state index in [2.05, 4.69) is 26.2 Å². The van der Waals surface area contributed by atoms with Crippen LogP contribution in [0, 0.1) is 12.7 Å². The van der Waals surface area contributed by atoms with E-state index in [9.17, 15) is 9.18 Å². The highest BCUT2D eigenvalue weighted by atomic mass is 35.5. The summed E-state index contributed by atoms with van der Waals surface area (Å²) in [5, 5.41) is 17.3. The van der Waals surface area contributed by atoms with Crippen molar-refractivity contribution in [1.29, 1.82) is 0 Å². The van der Waals surface area contributed by atoms with E-state index in [-0.39, 0.29) is 30.2 Å². The summed E-state index contributed by atoms with van der Waals surface area (Å²) in [6, 6.07) is 5.64. The highest BCUT2D eigenvalue weighted by molar-refractivity contribution is 5.85. The van der Waals surface area contributed by atoms with Crippen molar-refractivity contribution in [3.63, 3.8) is 0 Å². The minimum absolute atomic E-state index is 0. The Morgan fingerprint density at radius 3 is 2.54 bits per heavy atom. The van der Waals surface area contributed by atoms with Gasteiger partial charge in [0, 0.05) is 19.0 Å². The molecule has 1 aromatic carbocycles. The van der Waals surface area contributed by atoms with Gasteiger partial charge in [-0.1, -0.05) is 12.1 Å². The zero-order valence-electron chi connectivity index (χ0n) is 13.9. The molecule has 1 aromatic heterocycles. The highest BCUT2D eigenvalue weighted by Crippen LogP contribution is 2.15. The molecule has 1 amide bonds.